The lowest BCUT2D eigenvalue weighted by atomic mass is 9.98. The van der Waals surface area contributed by atoms with Gasteiger partial charge >= 0.3 is 23.9 Å². The molecule has 0 aliphatic carbocycles. The van der Waals surface area contributed by atoms with Gasteiger partial charge in [0.1, 0.15) is 36.2 Å². The molecule has 1 unspecified atom stereocenters. The van der Waals surface area contributed by atoms with Crippen LogP contribution in [-0.4, -0.2) is 94.4 Å². The highest BCUT2D eigenvalue weighted by Gasteiger charge is 2.54. The SMILES string of the molecule is N=C(OC1O[C@H](COC(=O)CCl)[C@@H](OC(=O)CCl)[C@H](OC(=O)CCl)[C@H]1OC(=O)CCl)C(Cl)(Cl)Cl. The summed E-state index contributed by atoms with van der Waals surface area (Å²) in [4.78, 5) is 47.5. The van der Waals surface area contributed by atoms with Gasteiger partial charge < -0.3 is 28.4 Å². The van der Waals surface area contributed by atoms with Crippen molar-refractivity contribution in [1.29, 1.82) is 5.41 Å². The summed E-state index contributed by atoms with van der Waals surface area (Å²) in [5, 5.41) is 7.80. The Kier molecular flexibility index (Phi) is 13.6. The van der Waals surface area contributed by atoms with Crippen LogP contribution in [-0.2, 0) is 47.6 Å². The molecule has 0 spiro atoms. The fourth-order valence-corrected chi connectivity index (χ4v) is 2.86. The zero-order valence-corrected chi connectivity index (χ0v) is 21.9. The van der Waals surface area contributed by atoms with Crippen LogP contribution < -0.4 is 0 Å². The van der Waals surface area contributed by atoms with E-state index in [1.807, 2.05) is 0 Å². The van der Waals surface area contributed by atoms with Gasteiger partial charge in [0.05, 0.1) is 0 Å². The molecule has 1 rings (SSSR count). The van der Waals surface area contributed by atoms with Gasteiger partial charge in [-0.3, -0.25) is 24.6 Å². The number of esters is 4. The van der Waals surface area contributed by atoms with E-state index in [1.165, 1.54) is 0 Å². The van der Waals surface area contributed by atoms with Crippen molar-refractivity contribution in [3.8, 4) is 0 Å². The average Bonchev–Trinajstić information content (AvgIpc) is 2.79. The molecule has 1 aliphatic heterocycles. The predicted octanol–water partition coefficient (Wildman–Crippen LogP) is 2.31. The Hall–Kier alpha value is -0.660. The van der Waals surface area contributed by atoms with E-state index in [0.717, 1.165) is 0 Å². The highest BCUT2D eigenvalue weighted by molar-refractivity contribution is 6.76. The van der Waals surface area contributed by atoms with Crippen LogP contribution in [0.25, 0.3) is 0 Å². The lowest BCUT2D eigenvalue weighted by Gasteiger charge is -2.44. The van der Waals surface area contributed by atoms with E-state index >= 15 is 0 Å². The Balaban J connectivity index is 3.48. The maximum absolute atomic E-state index is 12.0. The maximum atomic E-state index is 12.0. The third-order valence-corrected chi connectivity index (χ3v) is 5.12. The Morgan fingerprint density at radius 1 is 0.706 bits per heavy atom. The van der Waals surface area contributed by atoms with E-state index in [9.17, 15) is 19.2 Å². The standard InChI is InChI=1S/C16H16Cl7NO10/c17-1-7(25)29-5-6-11(31-8(26)2-18)12(32-9(27)3-19)13(33-10(28)4-20)14(30-6)34-15(24)16(21,22)23/h6,11-14,24H,1-5H2/t6-,11-,12+,13-,14?/m1/s1. The minimum absolute atomic E-state index is 0.530. The van der Waals surface area contributed by atoms with Crippen molar-refractivity contribution in [2.24, 2.45) is 0 Å². The normalized spacial score (nSPS) is 24.5. The molecular weight excluding hydrogens is 614 g/mol. The molecule has 18 heteroatoms. The molecule has 34 heavy (non-hydrogen) atoms. The van der Waals surface area contributed by atoms with E-state index in [1.54, 1.807) is 0 Å². The number of alkyl halides is 7. The third-order valence-electron chi connectivity index (χ3n) is 3.73. The van der Waals surface area contributed by atoms with Crippen LogP contribution in [0.3, 0.4) is 0 Å². The first-order valence-electron chi connectivity index (χ1n) is 8.83. The monoisotopic (exact) mass is 627 g/mol. The highest BCUT2D eigenvalue weighted by atomic mass is 35.6. The fraction of sp³-hybridized carbons (Fsp3) is 0.688. The second kappa shape index (κ2) is 14.8. The van der Waals surface area contributed by atoms with E-state index in [0.29, 0.717) is 0 Å². The minimum Gasteiger partial charge on any atom is -0.462 e. The van der Waals surface area contributed by atoms with Gasteiger partial charge in [0.2, 0.25) is 18.3 Å². The summed E-state index contributed by atoms with van der Waals surface area (Å²) in [7, 11) is 0. The van der Waals surface area contributed by atoms with Crippen LogP contribution in [0, 0.1) is 5.41 Å². The van der Waals surface area contributed by atoms with Gasteiger partial charge in [-0.2, -0.15) is 0 Å². The average molecular weight is 630 g/mol. The summed E-state index contributed by atoms with van der Waals surface area (Å²) in [5.41, 5.74) is 0. The smallest absolute Gasteiger partial charge is 0.321 e. The second-order valence-electron chi connectivity index (χ2n) is 6.07. The molecule has 1 aliphatic rings. The maximum Gasteiger partial charge on any atom is 0.321 e. The largest absolute Gasteiger partial charge is 0.462 e. The summed E-state index contributed by atoms with van der Waals surface area (Å²) in [6.45, 7) is -0.627. The molecular formula is C16H16Cl7NO10. The van der Waals surface area contributed by atoms with Crippen molar-refractivity contribution in [2.75, 3.05) is 30.1 Å². The molecule has 194 valence electrons. The first-order chi connectivity index (χ1) is 15.9. The lowest BCUT2D eigenvalue weighted by Crippen LogP contribution is -2.63. The zero-order valence-electron chi connectivity index (χ0n) is 16.7. The van der Waals surface area contributed by atoms with Crippen molar-refractivity contribution in [3.05, 3.63) is 0 Å². The molecule has 0 aromatic carbocycles. The Morgan fingerprint density at radius 3 is 1.59 bits per heavy atom. The molecule has 0 saturated carbocycles. The van der Waals surface area contributed by atoms with Gasteiger partial charge in [-0.25, -0.2) is 0 Å². The molecule has 0 radical (unpaired) electrons. The van der Waals surface area contributed by atoms with Gasteiger partial charge in [-0.05, 0) is 0 Å². The summed E-state index contributed by atoms with van der Waals surface area (Å²) in [5.74, 6) is -7.46. The Labute approximate surface area is 227 Å². The zero-order chi connectivity index (χ0) is 26.1. The van der Waals surface area contributed by atoms with Crippen molar-refractivity contribution in [1.82, 2.24) is 0 Å². The summed E-state index contributed by atoms with van der Waals surface area (Å²) in [6, 6.07) is 0. The van der Waals surface area contributed by atoms with Crippen LogP contribution >= 0.6 is 81.2 Å². The van der Waals surface area contributed by atoms with E-state index in [4.69, 9.17) is 115 Å². The van der Waals surface area contributed by atoms with E-state index in [2.05, 4.69) is 0 Å². The van der Waals surface area contributed by atoms with Crippen molar-refractivity contribution >= 4 is 111 Å². The molecule has 5 atom stereocenters. The molecule has 0 bridgehead atoms. The van der Waals surface area contributed by atoms with Gasteiger partial charge in [0.15, 0.2) is 12.2 Å². The quantitative estimate of drug-likeness (QED) is 0.125. The molecule has 1 saturated heterocycles. The molecule has 1 fully saturated rings. The molecule has 1 heterocycles. The lowest BCUT2D eigenvalue weighted by molar-refractivity contribution is -0.291. The topological polar surface area (TPSA) is 148 Å². The van der Waals surface area contributed by atoms with Gasteiger partial charge in [-0.1, -0.05) is 34.8 Å². The van der Waals surface area contributed by atoms with Crippen LogP contribution in [0.2, 0.25) is 0 Å². The Bertz CT molecular complexity index is 765. The second-order valence-corrected chi connectivity index (χ2v) is 9.42. The van der Waals surface area contributed by atoms with E-state index < -0.39 is 94.4 Å². The van der Waals surface area contributed by atoms with Crippen molar-refractivity contribution in [3.63, 3.8) is 0 Å². The number of hydrogen-bond donors (Lipinski definition) is 1. The first-order valence-corrected chi connectivity index (χ1v) is 12.1. The van der Waals surface area contributed by atoms with Crippen LogP contribution in [0.1, 0.15) is 0 Å². The van der Waals surface area contributed by atoms with Crippen molar-refractivity contribution < 1.29 is 47.6 Å². The van der Waals surface area contributed by atoms with E-state index in [-0.39, 0.29) is 0 Å². The van der Waals surface area contributed by atoms with Crippen LogP contribution in [0.15, 0.2) is 0 Å². The van der Waals surface area contributed by atoms with Crippen LogP contribution in [0.4, 0.5) is 0 Å². The van der Waals surface area contributed by atoms with Gasteiger partial charge in [0, 0.05) is 0 Å². The Morgan fingerprint density at radius 2 is 1.15 bits per heavy atom. The summed E-state index contributed by atoms with van der Waals surface area (Å²) in [6.07, 6.45) is -8.26. The number of halogens is 7. The van der Waals surface area contributed by atoms with Crippen molar-refractivity contribution in [2.45, 2.75) is 34.5 Å². The number of rotatable bonds is 10. The summed E-state index contributed by atoms with van der Waals surface area (Å²) < 4.78 is 28.9. The predicted molar refractivity (Wildman–Crippen MR) is 121 cm³/mol. The minimum atomic E-state index is -2.38. The number of hydrogen-bond acceptors (Lipinski definition) is 11. The summed E-state index contributed by atoms with van der Waals surface area (Å²) >= 11 is 38.8. The number of carbonyl (C=O) groups is 4. The number of nitrogens with one attached hydrogen (secondary N) is 1. The van der Waals surface area contributed by atoms with Gasteiger partial charge in [-0.15, -0.1) is 46.4 Å². The van der Waals surface area contributed by atoms with Gasteiger partial charge in [0.25, 0.3) is 3.79 Å². The fourth-order valence-electron chi connectivity index (χ4n) is 2.46. The highest BCUT2D eigenvalue weighted by Crippen LogP contribution is 2.34. The molecule has 0 aromatic rings. The number of carbonyl (C=O) groups excluding carboxylic acids is 4. The third kappa shape index (κ3) is 9.77. The number of ether oxygens (including phenoxy) is 6. The molecule has 1 N–H and O–H groups in total. The first kappa shape index (κ1) is 31.4. The molecule has 11 nitrogen and oxygen atoms in total. The van der Waals surface area contributed by atoms with Crippen LogP contribution in [0.5, 0.6) is 0 Å². The molecule has 0 aromatic heterocycles. The molecule has 0 amide bonds.